The molecular formula is C34H37ClN6O5. The molecule has 2 aromatic carbocycles. The SMILES string of the molecule is CN(C(=O)CN1C(=O)c2cc(-c3nc(NC4CCOCC4)ncc3Cl)ccc2C1CCN1C(=O)c2ccccc2C1=O)C(C)(C)C. The lowest BCUT2D eigenvalue weighted by molar-refractivity contribution is -0.135. The highest BCUT2D eigenvalue weighted by Crippen LogP contribution is 2.40. The molecule has 46 heavy (non-hydrogen) atoms. The highest BCUT2D eigenvalue weighted by atomic mass is 35.5. The Morgan fingerprint density at radius 1 is 1.02 bits per heavy atom. The number of likely N-dealkylation sites (N-methyl/N-ethyl adjacent to an activating group) is 1. The molecule has 1 atom stereocenters. The van der Waals surface area contributed by atoms with Gasteiger partial charge >= 0.3 is 0 Å². The zero-order valence-electron chi connectivity index (χ0n) is 26.4. The highest BCUT2D eigenvalue weighted by Gasteiger charge is 2.41. The maximum atomic E-state index is 14.0. The summed E-state index contributed by atoms with van der Waals surface area (Å²) in [7, 11) is 1.71. The fraction of sp³-hybridized carbons (Fsp3) is 0.412. The number of amides is 4. The second-order valence-corrected chi connectivity index (χ2v) is 13.3. The lowest BCUT2D eigenvalue weighted by Crippen LogP contribution is -2.48. The molecule has 240 valence electrons. The van der Waals surface area contributed by atoms with Crippen LogP contribution in [0.2, 0.25) is 5.02 Å². The first-order valence-electron chi connectivity index (χ1n) is 15.5. The van der Waals surface area contributed by atoms with Gasteiger partial charge in [0.25, 0.3) is 17.7 Å². The van der Waals surface area contributed by atoms with Gasteiger partial charge in [-0.05, 0) is 63.8 Å². The molecule has 12 heteroatoms. The normalized spacial score (nSPS) is 18.2. The molecule has 1 N–H and O–H groups in total. The van der Waals surface area contributed by atoms with E-state index in [1.807, 2.05) is 32.9 Å². The van der Waals surface area contributed by atoms with Crippen molar-refractivity contribution in [3.63, 3.8) is 0 Å². The van der Waals surface area contributed by atoms with E-state index < -0.39 is 11.6 Å². The summed E-state index contributed by atoms with van der Waals surface area (Å²) in [5.74, 6) is -0.819. The number of carbonyl (C=O) groups excluding carboxylic acids is 4. The van der Waals surface area contributed by atoms with E-state index in [-0.39, 0.29) is 49.2 Å². The quantitative estimate of drug-likeness (QED) is 0.346. The fourth-order valence-electron chi connectivity index (χ4n) is 6.12. The minimum absolute atomic E-state index is 0.0876. The van der Waals surface area contributed by atoms with Crippen LogP contribution in [0.5, 0.6) is 0 Å². The van der Waals surface area contributed by atoms with Crippen LogP contribution >= 0.6 is 11.6 Å². The molecule has 3 aliphatic rings. The number of ether oxygens (including phenoxy) is 1. The molecule has 4 amide bonds. The summed E-state index contributed by atoms with van der Waals surface area (Å²) in [4.78, 5) is 67.0. The van der Waals surface area contributed by atoms with Crippen LogP contribution in [0.3, 0.4) is 0 Å². The van der Waals surface area contributed by atoms with E-state index in [4.69, 9.17) is 16.3 Å². The van der Waals surface area contributed by atoms with Crippen molar-refractivity contribution in [2.45, 2.75) is 57.7 Å². The van der Waals surface area contributed by atoms with Gasteiger partial charge in [0.05, 0.1) is 34.1 Å². The molecule has 0 saturated carbocycles. The van der Waals surface area contributed by atoms with Gasteiger partial charge in [-0.15, -0.1) is 0 Å². The number of nitrogens with one attached hydrogen (secondary N) is 1. The van der Waals surface area contributed by atoms with Crippen LogP contribution in [0.15, 0.2) is 48.7 Å². The molecule has 3 aliphatic heterocycles. The summed E-state index contributed by atoms with van der Waals surface area (Å²) in [5.41, 5.74) is 2.53. The number of halogens is 1. The van der Waals surface area contributed by atoms with Gasteiger partial charge in [0.15, 0.2) is 0 Å². The Morgan fingerprint density at radius 3 is 2.35 bits per heavy atom. The van der Waals surface area contributed by atoms with E-state index in [2.05, 4.69) is 15.3 Å². The first-order valence-corrected chi connectivity index (χ1v) is 15.9. The highest BCUT2D eigenvalue weighted by molar-refractivity contribution is 6.33. The third-order valence-electron chi connectivity index (χ3n) is 9.04. The van der Waals surface area contributed by atoms with Crippen molar-refractivity contribution in [2.24, 2.45) is 0 Å². The number of rotatable bonds is 8. The summed E-state index contributed by atoms with van der Waals surface area (Å²) in [5, 5.41) is 3.69. The lowest BCUT2D eigenvalue weighted by atomic mass is 9.98. The summed E-state index contributed by atoms with van der Waals surface area (Å²) < 4.78 is 5.45. The molecule has 11 nitrogen and oxygen atoms in total. The first-order chi connectivity index (χ1) is 21.9. The Balaban J connectivity index is 1.30. The third-order valence-corrected chi connectivity index (χ3v) is 9.32. The monoisotopic (exact) mass is 644 g/mol. The van der Waals surface area contributed by atoms with E-state index >= 15 is 0 Å². The lowest BCUT2D eigenvalue weighted by Gasteiger charge is -2.34. The Labute approximate surface area is 272 Å². The van der Waals surface area contributed by atoms with Crippen molar-refractivity contribution in [1.82, 2.24) is 24.7 Å². The number of fused-ring (bicyclic) bond motifs is 2. The van der Waals surface area contributed by atoms with Gasteiger partial charge in [0, 0.05) is 49.5 Å². The molecule has 1 aromatic heterocycles. The topological polar surface area (TPSA) is 125 Å². The van der Waals surface area contributed by atoms with Crippen LogP contribution in [-0.4, -0.2) is 93.2 Å². The van der Waals surface area contributed by atoms with Crippen LogP contribution in [0, 0.1) is 0 Å². The number of aromatic nitrogens is 2. The van der Waals surface area contributed by atoms with Gasteiger partial charge in [-0.25, -0.2) is 9.97 Å². The smallest absolute Gasteiger partial charge is 0.261 e. The molecule has 0 bridgehead atoms. The Morgan fingerprint density at radius 2 is 1.70 bits per heavy atom. The molecule has 1 fully saturated rings. The minimum atomic E-state index is -0.537. The molecule has 6 rings (SSSR count). The molecule has 4 heterocycles. The Hall–Kier alpha value is -4.35. The van der Waals surface area contributed by atoms with Gasteiger partial charge in [-0.3, -0.25) is 24.1 Å². The van der Waals surface area contributed by atoms with Crippen LogP contribution in [0.1, 0.15) is 82.7 Å². The molecular weight excluding hydrogens is 608 g/mol. The second-order valence-electron chi connectivity index (χ2n) is 12.9. The van der Waals surface area contributed by atoms with E-state index in [0.29, 0.717) is 57.7 Å². The first kappa shape index (κ1) is 31.6. The fourth-order valence-corrected chi connectivity index (χ4v) is 6.32. The third kappa shape index (κ3) is 5.96. The van der Waals surface area contributed by atoms with Crippen molar-refractivity contribution in [2.75, 3.05) is 38.7 Å². The maximum absolute atomic E-state index is 14.0. The van der Waals surface area contributed by atoms with Crippen LogP contribution in [0.25, 0.3) is 11.3 Å². The summed E-state index contributed by atoms with van der Waals surface area (Å²) in [6, 6.07) is 11.8. The zero-order chi connectivity index (χ0) is 32.7. The Kier molecular flexibility index (Phi) is 8.56. The van der Waals surface area contributed by atoms with E-state index in [0.717, 1.165) is 12.8 Å². The molecule has 0 aliphatic carbocycles. The van der Waals surface area contributed by atoms with Crippen molar-refractivity contribution in [3.05, 3.63) is 75.9 Å². The van der Waals surface area contributed by atoms with Crippen molar-refractivity contribution in [3.8, 4) is 11.3 Å². The van der Waals surface area contributed by atoms with Crippen molar-refractivity contribution in [1.29, 1.82) is 0 Å². The summed E-state index contributed by atoms with van der Waals surface area (Å²) in [6.45, 7) is 7.05. The van der Waals surface area contributed by atoms with Crippen molar-refractivity contribution < 1.29 is 23.9 Å². The molecule has 1 saturated heterocycles. The number of anilines is 1. The van der Waals surface area contributed by atoms with Crippen LogP contribution in [-0.2, 0) is 9.53 Å². The van der Waals surface area contributed by atoms with Gasteiger partial charge < -0.3 is 19.9 Å². The standard InChI is InChI=1S/C34H37ClN6O5/c1-34(2,3)39(4)28(42)19-41-27(11-14-40-30(43)23-7-5-6-8-24(23)31(40)44)22-10-9-20(17-25(22)32(41)45)29-26(35)18-36-33(38-29)37-21-12-15-46-16-13-21/h5-10,17-18,21,27H,11-16,19H2,1-4H3,(H,36,37,38). The number of hydrogen-bond donors (Lipinski definition) is 1. The maximum Gasteiger partial charge on any atom is 0.261 e. The number of imide groups is 1. The number of benzene rings is 2. The van der Waals surface area contributed by atoms with E-state index in [1.165, 1.54) is 9.80 Å². The second kappa shape index (κ2) is 12.4. The predicted octanol–water partition coefficient (Wildman–Crippen LogP) is 4.83. The number of carbonyl (C=O) groups is 4. The van der Waals surface area contributed by atoms with Gasteiger partial charge in [-0.2, -0.15) is 0 Å². The number of nitrogens with zero attached hydrogens (tertiary/aromatic N) is 5. The average molecular weight is 645 g/mol. The van der Waals surface area contributed by atoms with E-state index in [1.54, 1.807) is 48.5 Å². The minimum Gasteiger partial charge on any atom is -0.381 e. The zero-order valence-corrected chi connectivity index (χ0v) is 27.1. The van der Waals surface area contributed by atoms with E-state index in [9.17, 15) is 19.2 Å². The van der Waals surface area contributed by atoms with Gasteiger partial charge in [0.2, 0.25) is 11.9 Å². The van der Waals surface area contributed by atoms with Crippen LogP contribution < -0.4 is 5.32 Å². The van der Waals surface area contributed by atoms with Crippen LogP contribution in [0.4, 0.5) is 5.95 Å². The molecule has 0 radical (unpaired) electrons. The van der Waals surface area contributed by atoms with Gasteiger partial charge in [-0.1, -0.05) is 35.9 Å². The Bertz CT molecular complexity index is 1680. The predicted molar refractivity (Wildman–Crippen MR) is 173 cm³/mol. The average Bonchev–Trinajstić information content (AvgIpc) is 3.44. The summed E-state index contributed by atoms with van der Waals surface area (Å²) in [6.07, 6.45) is 3.49. The molecule has 1 unspecified atom stereocenters. The number of hydrogen-bond acceptors (Lipinski definition) is 8. The molecule has 0 spiro atoms. The summed E-state index contributed by atoms with van der Waals surface area (Å²) >= 11 is 6.56. The van der Waals surface area contributed by atoms with Gasteiger partial charge in [0.1, 0.15) is 6.54 Å². The largest absolute Gasteiger partial charge is 0.381 e. The van der Waals surface area contributed by atoms with Crippen molar-refractivity contribution >= 4 is 41.2 Å². The molecule has 3 aromatic rings.